The van der Waals surface area contributed by atoms with Crippen molar-refractivity contribution in [3.8, 4) is 5.75 Å². The van der Waals surface area contributed by atoms with E-state index in [1.54, 1.807) is 36.4 Å². The Hall–Kier alpha value is -2.24. The van der Waals surface area contributed by atoms with Crippen molar-refractivity contribution < 1.29 is 14.3 Å². The zero-order valence-corrected chi connectivity index (χ0v) is 15.4. The molecule has 2 aromatic carbocycles. The van der Waals surface area contributed by atoms with E-state index in [1.807, 2.05) is 19.1 Å². The summed E-state index contributed by atoms with van der Waals surface area (Å²) in [6.45, 7) is 2.48. The molecule has 2 aromatic rings. The number of hydrogen-bond donors (Lipinski definition) is 0. The van der Waals surface area contributed by atoms with Gasteiger partial charge in [-0.15, -0.1) is 0 Å². The van der Waals surface area contributed by atoms with E-state index in [0.29, 0.717) is 27.7 Å². The van der Waals surface area contributed by atoms with Crippen molar-refractivity contribution in [2.24, 2.45) is 0 Å². The smallest absolute Gasteiger partial charge is 0.268 e. The Balaban J connectivity index is 2.00. The summed E-state index contributed by atoms with van der Waals surface area (Å²) in [4.78, 5) is 27.5. The van der Waals surface area contributed by atoms with Crippen LogP contribution in [0.5, 0.6) is 5.75 Å². The molecule has 0 atom stereocenters. The zero-order valence-electron chi connectivity index (χ0n) is 13.8. The number of thioether (sulfide) groups is 1. The van der Waals surface area contributed by atoms with Crippen LogP contribution in [0.15, 0.2) is 58.3 Å². The standard InChI is InChI=1S/C19H16ClNO3S/c1-3-24-14-8-4-12(5-9-14)16-17(19(23)21(2)18(16)22)25-15-10-6-13(20)7-11-15/h4-11H,3H2,1-2H3. The Kier molecular flexibility index (Phi) is 5.16. The molecular formula is C19H16ClNO3S. The van der Waals surface area contributed by atoms with E-state index in [9.17, 15) is 9.59 Å². The van der Waals surface area contributed by atoms with Gasteiger partial charge in [-0.1, -0.05) is 35.5 Å². The molecule has 0 unspecified atom stereocenters. The van der Waals surface area contributed by atoms with Crippen molar-refractivity contribution >= 4 is 40.8 Å². The summed E-state index contributed by atoms with van der Waals surface area (Å²) in [6, 6.07) is 14.4. The van der Waals surface area contributed by atoms with Crippen LogP contribution in [0.2, 0.25) is 5.02 Å². The number of ether oxygens (including phenoxy) is 1. The third-order valence-electron chi connectivity index (χ3n) is 3.73. The molecule has 2 amide bonds. The molecule has 25 heavy (non-hydrogen) atoms. The van der Waals surface area contributed by atoms with E-state index >= 15 is 0 Å². The minimum atomic E-state index is -0.300. The molecule has 0 fully saturated rings. The van der Waals surface area contributed by atoms with Gasteiger partial charge in [0.1, 0.15) is 5.75 Å². The number of hydrogen-bond acceptors (Lipinski definition) is 4. The molecule has 1 aliphatic heterocycles. The molecule has 3 rings (SSSR count). The lowest BCUT2D eigenvalue weighted by Gasteiger charge is -2.07. The third kappa shape index (κ3) is 3.57. The van der Waals surface area contributed by atoms with Crippen LogP contribution in [0.3, 0.4) is 0 Å². The number of likely N-dealkylation sites (N-methyl/N-ethyl adjacent to an activating group) is 1. The predicted molar refractivity (Wildman–Crippen MR) is 99.6 cm³/mol. The Morgan fingerprint density at radius 3 is 2.24 bits per heavy atom. The van der Waals surface area contributed by atoms with Crippen LogP contribution in [-0.4, -0.2) is 30.4 Å². The highest BCUT2D eigenvalue weighted by molar-refractivity contribution is 8.04. The van der Waals surface area contributed by atoms with Gasteiger partial charge in [0, 0.05) is 17.0 Å². The topological polar surface area (TPSA) is 46.6 Å². The third-order valence-corrected chi connectivity index (χ3v) is 5.07. The van der Waals surface area contributed by atoms with Gasteiger partial charge in [0.15, 0.2) is 0 Å². The van der Waals surface area contributed by atoms with Crippen molar-refractivity contribution in [1.82, 2.24) is 4.90 Å². The summed E-state index contributed by atoms with van der Waals surface area (Å²) in [6.07, 6.45) is 0. The molecule has 0 saturated carbocycles. The summed E-state index contributed by atoms with van der Waals surface area (Å²) in [5.74, 6) is 0.128. The Labute approximate surface area is 155 Å². The number of benzene rings is 2. The first-order valence-corrected chi connectivity index (χ1v) is 8.94. The van der Waals surface area contributed by atoms with Crippen molar-refractivity contribution in [3.63, 3.8) is 0 Å². The first kappa shape index (κ1) is 17.6. The lowest BCUT2D eigenvalue weighted by Crippen LogP contribution is -2.26. The number of nitrogens with zero attached hydrogens (tertiary/aromatic N) is 1. The maximum Gasteiger partial charge on any atom is 0.268 e. The van der Waals surface area contributed by atoms with Gasteiger partial charge in [0.25, 0.3) is 11.8 Å². The highest BCUT2D eigenvalue weighted by Gasteiger charge is 2.37. The molecule has 0 spiro atoms. The van der Waals surface area contributed by atoms with Crippen LogP contribution in [0, 0.1) is 0 Å². The van der Waals surface area contributed by atoms with E-state index in [1.165, 1.54) is 18.8 Å². The van der Waals surface area contributed by atoms with Crippen LogP contribution in [0.4, 0.5) is 0 Å². The lowest BCUT2D eigenvalue weighted by molar-refractivity contribution is -0.134. The fraction of sp³-hybridized carbons (Fsp3) is 0.158. The summed E-state index contributed by atoms with van der Waals surface area (Å²) in [5, 5.41) is 0.621. The van der Waals surface area contributed by atoms with Crippen LogP contribution in [0.25, 0.3) is 5.57 Å². The first-order chi connectivity index (χ1) is 12.0. The number of rotatable bonds is 5. The fourth-order valence-corrected chi connectivity index (χ4v) is 3.64. The minimum absolute atomic E-state index is 0.297. The van der Waals surface area contributed by atoms with Crippen LogP contribution >= 0.6 is 23.4 Å². The molecule has 1 aliphatic rings. The molecule has 4 nitrogen and oxygen atoms in total. The summed E-state index contributed by atoms with van der Waals surface area (Å²) < 4.78 is 5.43. The average Bonchev–Trinajstić information content (AvgIpc) is 2.82. The average molecular weight is 374 g/mol. The molecular weight excluding hydrogens is 358 g/mol. The monoisotopic (exact) mass is 373 g/mol. The van der Waals surface area contributed by atoms with Crippen molar-refractivity contribution in [2.45, 2.75) is 11.8 Å². The van der Waals surface area contributed by atoms with Gasteiger partial charge >= 0.3 is 0 Å². The van der Waals surface area contributed by atoms with E-state index in [2.05, 4.69) is 0 Å². The number of carbonyl (C=O) groups is 2. The van der Waals surface area contributed by atoms with Crippen molar-refractivity contribution in [2.75, 3.05) is 13.7 Å². The Morgan fingerprint density at radius 1 is 1.00 bits per heavy atom. The quantitative estimate of drug-likeness (QED) is 0.735. The van der Waals surface area contributed by atoms with Crippen molar-refractivity contribution in [3.05, 3.63) is 64.0 Å². The molecule has 0 bridgehead atoms. The fourth-order valence-electron chi connectivity index (χ4n) is 2.47. The van der Waals surface area contributed by atoms with Crippen LogP contribution in [-0.2, 0) is 9.59 Å². The van der Waals surface area contributed by atoms with Gasteiger partial charge in [-0.05, 0) is 48.9 Å². The minimum Gasteiger partial charge on any atom is -0.494 e. The number of amides is 2. The van der Waals surface area contributed by atoms with Gasteiger partial charge in [0.05, 0.1) is 17.1 Å². The van der Waals surface area contributed by atoms with E-state index in [0.717, 1.165) is 15.5 Å². The maximum absolute atomic E-state index is 12.6. The predicted octanol–water partition coefficient (Wildman–Crippen LogP) is 4.24. The first-order valence-electron chi connectivity index (χ1n) is 7.74. The van der Waals surface area contributed by atoms with Gasteiger partial charge in [0.2, 0.25) is 0 Å². The van der Waals surface area contributed by atoms with E-state index < -0.39 is 0 Å². The van der Waals surface area contributed by atoms with Crippen LogP contribution in [0.1, 0.15) is 12.5 Å². The molecule has 0 saturated heterocycles. The Morgan fingerprint density at radius 2 is 1.64 bits per heavy atom. The highest BCUT2D eigenvalue weighted by Crippen LogP contribution is 2.39. The number of carbonyl (C=O) groups excluding carboxylic acids is 2. The highest BCUT2D eigenvalue weighted by atomic mass is 35.5. The molecule has 1 heterocycles. The van der Waals surface area contributed by atoms with Gasteiger partial charge in [-0.3, -0.25) is 14.5 Å². The van der Waals surface area contributed by atoms with Gasteiger partial charge in [-0.2, -0.15) is 0 Å². The molecule has 0 aliphatic carbocycles. The normalized spacial score (nSPS) is 14.4. The molecule has 6 heteroatoms. The second-order valence-electron chi connectivity index (χ2n) is 5.39. The van der Waals surface area contributed by atoms with E-state index in [-0.39, 0.29) is 11.8 Å². The second-order valence-corrected chi connectivity index (χ2v) is 6.91. The summed E-state index contributed by atoms with van der Waals surface area (Å²) in [5.41, 5.74) is 1.11. The summed E-state index contributed by atoms with van der Waals surface area (Å²) in [7, 11) is 1.49. The summed E-state index contributed by atoms with van der Waals surface area (Å²) >= 11 is 7.18. The van der Waals surface area contributed by atoms with Crippen LogP contribution < -0.4 is 4.74 Å². The molecule has 0 aromatic heterocycles. The maximum atomic E-state index is 12.6. The van der Waals surface area contributed by atoms with Gasteiger partial charge < -0.3 is 4.74 Å². The Bertz CT molecular complexity index is 844. The number of halogens is 1. The lowest BCUT2D eigenvalue weighted by atomic mass is 10.1. The largest absolute Gasteiger partial charge is 0.494 e. The molecule has 128 valence electrons. The second kappa shape index (κ2) is 7.33. The number of imide groups is 1. The molecule has 0 N–H and O–H groups in total. The molecule has 0 radical (unpaired) electrons. The SMILES string of the molecule is CCOc1ccc(C2=C(Sc3ccc(Cl)cc3)C(=O)N(C)C2=O)cc1. The van der Waals surface area contributed by atoms with Gasteiger partial charge in [-0.25, -0.2) is 0 Å². The van der Waals surface area contributed by atoms with E-state index in [4.69, 9.17) is 16.3 Å². The zero-order chi connectivity index (χ0) is 18.0. The van der Waals surface area contributed by atoms with Crippen molar-refractivity contribution in [1.29, 1.82) is 0 Å².